The van der Waals surface area contributed by atoms with Crippen LogP contribution in [0.15, 0.2) is 24.3 Å². The van der Waals surface area contributed by atoms with Gasteiger partial charge in [-0.05, 0) is 32.9 Å². The van der Waals surface area contributed by atoms with Crippen LogP contribution in [0.1, 0.15) is 19.4 Å². The normalized spacial score (nSPS) is 16.3. The standard InChI is InChI=1S/C17H26N2O3/c1-14-4-6-15(7-5-14)22-12-16(20)18-13-17(2,3)19-8-10-21-11-9-19/h4-7H,8-13H2,1-3H3,(H,18,20). The van der Waals surface area contributed by atoms with Crippen LogP contribution in [0, 0.1) is 6.92 Å². The Bertz CT molecular complexity index is 479. The van der Waals surface area contributed by atoms with E-state index >= 15 is 0 Å². The maximum absolute atomic E-state index is 11.9. The van der Waals surface area contributed by atoms with E-state index in [-0.39, 0.29) is 18.1 Å². The Morgan fingerprint density at radius 1 is 1.27 bits per heavy atom. The summed E-state index contributed by atoms with van der Waals surface area (Å²) in [6, 6.07) is 7.68. The van der Waals surface area contributed by atoms with E-state index in [0.29, 0.717) is 12.3 Å². The molecule has 1 saturated heterocycles. The van der Waals surface area contributed by atoms with Gasteiger partial charge in [-0.15, -0.1) is 0 Å². The zero-order valence-electron chi connectivity index (χ0n) is 13.7. The van der Waals surface area contributed by atoms with Crippen molar-refractivity contribution in [1.82, 2.24) is 10.2 Å². The summed E-state index contributed by atoms with van der Waals surface area (Å²) in [6.07, 6.45) is 0. The van der Waals surface area contributed by atoms with Crippen LogP contribution in [0.2, 0.25) is 0 Å². The molecule has 1 amide bonds. The van der Waals surface area contributed by atoms with Crippen LogP contribution >= 0.6 is 0 Å². The molecule has 0 atom stereocenters. The van der Waals surface area contributed by atoms with Crippen LogP contribution in [-0.4, -0.2) is 55.8 Å². The highest BCUT2D eigenvalue weighted by molar-refractivity contribution is 5.77. The number of aryl methyl sites for hydroxylation is 1. The minimum atomic E-state index is -0.0955. The molecule has 5 nitrogen and oxygen atoms in total. The summed E-state index contributed by atoms with van der Waals surface area (Å²) in [5, 5.41) is 2.96. The molecule has 1 aromatic rings. The van der Waals surface area contributed by atoms with Crippen molar-refractivity contribution in [3.8, 4) is 5.75 Å². The van der Waals surface area contributed by atoms with Crippen LogP contribution in [0.5, 0.6) is 5.75 Å². The number of carbonyl (C=O) groups excluding carboxylic acids is 1. The third-order valence-corrected chi connectivity index (χ3v) is 3.98. The zero-order valence-corrected chi connectivity index (χ0v) is 13.7. The number of morpholine rings is 1. The van der Waals surface area contributed by atoms with Crippen LogP contribution in [-0.2, 0) is 9.53 Å². The molecule has 1 fully saturated rings. The molecule has 22 heavy (non-hydrogen) atoms. The quantitative estimate of drug-likeness (QED) is 0.867. The van der Waals surface area contributed by atoms with Crippen molar-refractivity contribution in [2.75, 3.05) is 39.5 Å². The van der Waals surface area contributed by atoms with E-state index in [1.807, 2.05) is 31.2 Å². The van der Waals surface area contributed by atoms with Gasteiger partial charge in [0, 0.05) is 25.2 Å². The molecular formula is C17H26N2O3. The highest BCUT2D eigenvalue weighted by atomic mass is 16.5. The molecule has 1 N–H and O–H groups in total. The first-order valence-electron chi connectivity index (χ1n) is 7.76. The first kappa shape index (κ1) is 16.8. The van der Waals surface area contributed by atoms with Gasteiger partial charge in [0.1, 0.15) is 5.75 Å². The Morgan fingerprint density at radius 2 is 1.91 bits per heavy atom. The molecule has 0 bridgehead atoms. The van der Waals surface area contributed by atoms with Crippen molar-refractivity contribution >= 4 is 5.91 Å². The van der Waals surface area contributed by atoms with Crippen molar-refractivity contribution < 1.29 is 14.3 Å². The number of ether oxygens (including phenoxy) is 2. The summed E-state index contributed by atoms with van der Waals surface area (Å²) in [6.45, 7) is 10.3. The molecule has 0 spiro atoms. The third-order valence-electron chi connectivity index (χ3n) is 3.98. The lowest BCUT2D eigenvalue weighted by Crippen LogP contribution is -2.55. The van der Waals surface area contributed by atoms with Gasteiger partial charge in [0.05, 0.1) is 13.2 Å². The van der Waals surface area contributed by atoms with E-state index in [4.69, 9.17) is 9.47 Å². The Labute approximate surface area is 132 Å². The minimum Gasteiger partial charge on any atom is -0.484 e. The average Bonchev–Trinajstić information content (AvgIpc) is 2.53. The van der Waals surface area contributed by atoms with Crippen molar-refractivity contribution in [2.45, 2.75) is 26.3 Å². The van der Waals surface area contributed by atoms with E-state index in [0.717, 1.165) is 26.3 Å². The molecule has 122 valence electrons. The minimum absolute atomic E-state index is 0.0439. The Kier molecular flexibility index (Phi) is 5.80. The van der Waals surface area contributed by atoms with Crippen LogP contribution in [0.25, 0.3) is 0 Å². The summed E-state index contributed by atoms with van der Waals surface area (Å²) >= 11 is 0. The molecule has 1 aliphatic heterocycles. The second kappa shape index (κ2) is 7.61. The molecule has 0 radical (unpaired) electrons. The number of nitrogens with zero attached hydrogens (tertiary/aromatic N) is 1. The summed E-state index contributed by atoms with van der Waals surface area (Å²) in [5.74, 6) is 0.620. The fraction of sp³-hybridized carbons (Fsp3) is 0.588. The van der Waals surface area contributed by atoms with Gasteiger partial charge in [-0.3, -0.25) is 9.69 Å². The second-order valence-electron chi connectivity index (χ2n) is 6.29. The lowest BCUT2D eigenvalue weighted by atomic mass is 10.0. The van der Waals surface area contributed by atoms with E-state index in [1.165, 1.54) is 5.56 Å². The topological polar surface area (TPSA) is 50.8 Å². The monoisotopic (exact) mass is 306 g/mol. The molecule has 0 aromatic heterocycles. The maximum atomic E-state index is 11.9. The fourth-order valence-corrected chi connectivity index (χ4v) is 2.43. The first-order valence-corrected chi connectivity index (χ1v) is 7.76. The number of carbonyl (C=O) groups is 1. The SMILES string of the molecule is Cc1ccc(OCC(=O)NCC(C)(C)N2CCOCC2)cc1. The second-order valence-corrected chi connectivity index (χ2v) is 6.29. The van der Waals surface area contributed by atoms with Crippen LogP contribution < -0.4 is 10.1 Å². The molecular weight excluding hydrogens is 280 g/mol. The van der Waals surface area contributed by atoms with Gasteiger partial charge in [-0.1, -0.05) is 17.7 Å². The van der Waals surface area contributed by atoms with Crippen LogP contribution in [0.3, 0.4) is 0 Å². The van der Waals surface area contributed by atoms with Crippen molar-refractivity contribution in [1.29, 1.82) is 0 Å². The Hall–Kier alpha value is -1.59. The molecule has 1 heterocycles. The summed E-state index contributed by atoms with van der Waals surface area (Å²) < 4.78 is 10.9. The first-order chi connectivity index (χ1) is 10.5. The Morgan fingerprint density at radius 3 is 2.55 bits per heavy atom. The maximum Gasteiger partial charge on any atom is 0.258 e. The third kappa shape index (κ3) is 5.00. The molecule has 0 unspecified atom stereocenters. The molecule has 0 saturated carbocycles. The summed E-state index contributed by atoms with van der Waals surface area (Å²) in [7, 11) is 0. The zero-order chi connectivity index (χ0) is 16.0. The van der Waals surface area contributed by atoms with E-state index < -0.39 is 0 Å². The lowest BCUT2D eigenvalue weighted by Gasteiger charge is -2.40. The van der Waals surface area contributed by atoms with Gasteiger partial charge in [-0.2, -0.15) is 0 Å². The van der Waals surface area contributed by atoms with Gasteiger partial charge in [0.25, 0.3) is 5.91 Å². The van der Waals surface area contributed by atoms with Gasteiger partial charge in [0.2, 0.25) is 0 Å². The smallest absolute Gasteiger partial charge is 0.258 e. The number of rotatable bonds is 6. The number of hydrogen-bond acceptors (Lipinski definition) is 4. The molecule has 0 aliphatic carbocycles. The number of amides is 1. The predicted molar refractivity (Wildman–Crippen MR) is 86.2 cm³/mol. The number of hydrogen-bond donors (Lipinski definition) is 1. The summed E-state index contributed by atoms with van der Waals surface area (Å²) in [4.78, 5) is 14.3. The fourth-order valence-electron chi connectivity index (χ4n) is 2.43. The molecule has 5 heteroatoms. The predicted octanol–water partition coefficient (Wildman–Crippen LogP) is 1.60. The van der Waals surface area contributed by atoms with Crippen molar-refractivity contribution in [3.63, 3.8) is 0 Å². The highest BCUT2D eigenvalue weighted by Gasteiger charge is 2.28. The largest absolute Gasteiger partial charge is 0.484 e. The number of nitrogens with one attached hydrogen (secondary N) is 1. The van der Waals surface area contributed by atoms with Crippen molar-refractivity contribution in [3.05, 3.63) is 29.8 Å². The average molecular weight is 306 g/mol. The highest BCUT2D eigenvalue weighted by Crippen LogP contribution is 2.15. The van der Waals surface area contributed by atoms with Gasteiger partial charge in [0.15, 0.2) is 6.61 Å². The van der Waals surface area contributed by atoms with Gasteiger partial charge < -0.3 is 14.8 Å². The molecule has 1 aromatic carbocycles. The van der Waals surface area contributed by atoms with E-state index in [1.54, 1.807) is 0 Å². The summed E-state index contributed by atoms with van der Waals surface area (Å²) in [5.41, 5.74) is 1.09. The Balaban J connectivity index is 1.73. The molecule has 2 rings (SSSR count). The van der Waals surface area contributed by atoms with Crippen molar-refractivity contribution in [2.24, 2.45) is 0 Å². The molecule has 1 aliphatic rings. The number of benzene rings is 1. The van der Waals surface area contributed by atoms with Crippen LogP contribution in [0.4, 0.5) is 0 Å². The van der Waals surface area contributed by atoms with E-state index in [2.05, 4.69) is 24.1 Å². The van der Waals surface area contributed by atoms with Gasteiger partial charge in [-0.25, -0.2) is 0 Å². The van der Waals surface area contributed by atoms with Gasteiger partial charge >= 0.3 is 0 Å². The van der Waals surface area contributed by atoms with E-state index in [9.17, 15) is 4.79 Å². The lowest BCUT2D eigenvalue weighted by molar-refractivity contribution is -0.123.